The van der Waals surface area contributed by atoms with Gasteiger partial charge in [0.25, 0.3) is 17.5 Å². The van der Waals surface area contributed by atoms with Crippen molar-refractivity contribution in [2.24, 2.45) is 10.8 Å². The number of nitrogens with one attached hydrogen (secondary N) is 1. The molecular formula is C57H93Br5N16. The minimum Gasteiger partial charge on any atom is -1.00 e. The Balaban J connectivity index is 0.000000724. The summed E-state index contributed by atoms with van der Waals surface area (Å²) >= 11 is 3.25. The number of halogens is 5. The van der Waals surface area contributed by atoms with Crippen LogP contribution in [0, 0.1) is 59.3 Å². The quantitative estimate of drug-likeness (QED) is 0.0265. The molecule has 7 aromatic heterocycles. The summed E-state index contributed by atoms with van der Waals surface area (Å²) in [6.45, 7) is 43.5. The molecule has 0 aliphatic rings. The summed E-state index contributed by atoms with van der Waals surface area (Å²) in [5.41, 5.74) is -0.285. The van der Waals surface area contributed by atoms with Crippen LogP contribution in [0.15, 0.2) is 99.5 Å². The SMILES string of the molecule is C=C[N+](CC(C[n+]1ccn(CCC)c1C)(C[n+]1ccn(CCC)c1C)C[n+]1ccn(CCC)c1C)=C(C)NCCC.CCCBr.Cc1nccn1CC(Cn1ccnc1C)(Cn1ccnc1C)Cn1ccnc1C.[Br-].[Br-].[Br-].[Br-]. The van der Waals surface area contributed by atoms with Gasteiger partial charge in [0.15, 0.2) is 0 Å². The first-order chi connectivity index (χ1) is 35.6. The van der Waals surface area contributed by atoms with Crippen LogP contribution in [0.1, 0.15) is 114 Å². The third-order valence-corrected chi connectivity index (χ3v) is 15.2. The maximum atomic E-state index is 4.45. The first-order valence-electron chi connectivity index (χ1n) is 27.2. The van der Waals surface area contributed by atoms with Crippen LogP contribution >= 0.6 is 15.9 Å². The average Bonchev–Trinajstić information content (AvgIpc) is 4.30. The highest BCUT2D eigenvalue weighted by Crippen LogP contribution is 2.31. The molecule has 0 saturated heterocycles. The molecule has 0 fully saturated rings. The second-order valence-electron chi connectivity index (χ2n) is 20.4. The first kappa shape index (κ1) is 72.1. The molecule has 0 unspecified atom stereocenters. The standard InChI is InChI=1S/C33H57N8.C21H28N8.C3H7Br.4BrH/c1-10-15-34-29(6)35(14-5)25-33(26-39-22-19-36(16-11-2)30(39)7,27-40-23-20-37(17-12-3)31(40)8)28-41-24-21-38(18-13-4)32(41)9;1-17-22-5-9-26(17)13-21(14-27-10-6-23-18(27)2,15-28-11-7-24-19(28)3)16-29-12-8-25-20(29)4;1-2-3-4;;;;/h14,19-24H,5,10-13,15-18,25-28H2,1-4,6-9H3;5-12H,13-16H2,1-4H3;2-3H2,1H3;4*1H/q+3;;;;;;/p-3. The topological polar surface area (TPSA) is 113 Å². The second-order valence-corrected chi connectivity index (χ2v) is 21.2. The lowest BCUT2D eigenvalue weighted by Crippen LogP contribution is -3.00. The fourth-order valence-corrected chi connectivity index (χ4v) is 10.1. The van der Waals surface area contributed by atoms with Gasteiger partial charge >= 0.3 is 0 Å². The lowest BCUT2D eigenvalue weighted by Gasteiger charge is -2.36. The minimum absolute atomic E-state index is 0. The van der Waals surface area contributed by atoms with E-state index in [1.165, 1.54) is 23.9 Å². The normalized spacial score (nSPS) is 11.5. The smallest absolute Gasteiger partial charge is 0.253 e. The molecule has 21 heteroatoms. The summed E-state index contributed by atoms with van der Waals surface area (Å²) in [6.07, 6.45) is 37.0. The molecule has 436 valence electrons. The summed E-state index contributed by atoms with van der Waals surface area (Å²) in [5.74, 6) is 9.14. The zero-order chi connectivity index (χ0) is 53.8. The second kappa shape index (κ2) is 35.7. The molecular weight excluding hydrogens is 1310 g/mol. The maximum absolute atomic E-state index is 4.45. The number of nitrogens with zero attached hydrogens (tertiary/aromatic N) is 15. The van der Waals surface area contributed by atoms with Gasteiger partial charge in [-0.3, -0.25) is 5.32 Å². The third kappa shape index (κ3) is 20.0. The van der Waals surface area contributed by atoms with Crippen molar-refractivity contribution in [1.29, 1.82) is 0 Å². The van der Waals surface area contributed by atoms with E-state index in [2.05, 4.69) is 250 Å². The van der Waals surface area contributed by atoms with Crippen LogP contribution in [0.2, 0.25) is 0 Å². The number of alkyl halides is 1. The van der Waals surface area contributed by atoms with Crippen molar-refractivity contribution in [3.8, 4) is 0 Å². The molecule has 16 nitrogen and oxygen atoms in total. The number of amidine groups is 1. The Morgan fingerprint density at radius 2 is 0.821 bits per heavy atom. The van der Waals surface area contributed by atoms with E-state index < -0.39 is 0 Å². The molecule has 0 radical (unpaired) electrons. The Hall–Kier alpha value is -3.92. The predicted octanol–water partition coefficient (Wildman–Crippen LogP) is -3.33. The number of hydrogen-bond acceptors (Lipinski definition) is 4. The Bertz CT molecular complexity index is 2500. The monoisotopic (exact) mass is 1400 g/mol. The molecule has 0 aromatic carbocycles. The number of hydrogen-bond donors (Lipinski definition) is 1. The average molecular weight is 1400 g/mol. The maximum Gasteiger partial charge on any atom is 0.253 e. The van der Waals surface area contributed by atoms with Gasteiger partial charge in [-0.05, 0) is 59.8 Å². The molecule has 7 rings (SSSR count). The van der Waals surface area contributed by atoms with Gasteiger partial charge in [0.1, 0.15) is 92.1 Å². The van der Waals surface area contributed by atoms with Crippen LogP contribution in [0.4, 0.5) is 0 Å². The highest BCUT2D eigenvalue weighted by molar-refractivity contribution is 9.09. The molecule has 7 aromatic rings. The van der Waals surface area contributed by atoms with Crippen molar-refractivity contribution in [2.45, 2.75) is 188 Å². The van der Waals surface area contributed by atoms with Crippen molar-refractivity contribution < 1.29 is 86.2 Å². The fourth-order valence-electron chi connectivity index (χ4n) is 10.1. The van der Waals surface area contributed by atoms with Crippen molar-refractivity contribution in [3.05, 3.63) is 140 Å². The van der Waals surface area contributed by atoms with Gasteiger partial charge in [0.2, 0.25) is 5.84 Å². The molecule has 7 heterocycles. The van der Waals surface area contributed by atoms with Crippen molar-refractivity contribution in [3.63, 3.8) is 0 Å². The van der Waals surface area contributed by atoms with Gasteiger partial charge in [-0.1, -0.05) is 57.1 Å². The van der Waals surface area contributed by atoms with Gasteiger partial charge < -0.3 is 86.2 Å². The zero-order valence-corrected chi connectivity index (χ0v) is 57.1. The number of aromatic nitrogens is 14. The molecule has 0 aliphatic heterocycles. The lowest BCUT2D eigenvalue weighted by atomic mass is 9.86. The van der Waals surface area contributed by atoms with Crippen LogP contribution in [0.5, 0.6) is 0 Å². The summed E-state index contributed by atoms with van der Waals surface area (Å²) in [4.78, 5) is 17.8. The van der Waals surface area contributed by atoms with E-state index >= 15 is 0 Å². The molecule has 0 atom stereocenters. The van der Waals surface area contributed by atoms with Gasteiger partial charge in [0, 0.05) is 114 Å². The fraction of sp³-hybridized carbons (Fsp3) is 0.579. The molecule has 0 aliphatic carbocycles. The van der Waals surface area contributed by atoms with Gasteiger partial charge in [-0.25, -0.2) is 51.9 Å². The number of rotatable bonds is 26. The van der Waals surface area contributed by atoms with Crippen LogP contribution in [0.3, 0.4) is 0 Å². The molecule has 0 spiro atoms. The molecule has 78 heavy (non-hydrogen) atoms. The van der Waals surface area contributed by atoms with Gasteiger partial charge in [0.05, 0.1) is 32.4 Å². The van der Waals surface area contributed by atoms with Gasteiger partial charge in [-0.2, -0.15) is 0 Å². The van der Waals surface area contributed by atoms with Crippen molar-refractivity contribution in [2.75, 3.05) is 18.4 Å². The minimum atomic E-state index is -0.145. The Morgan fingerprint density at radius 1 is 0.513 bits per heavy atom. The Labute approximate surface area is 518 Å². The van der Waals surface area contributed by atoms with E-state index in [0.717, 1.165) is 139 Å². The highest BCUT2D eigenvalue weighted by atomic mass is 79.9. The predicted molar refractivity (Wildman–Crippen MR) is 300 cm³/mol. The number of aryl methyl sites for hydroxylation is 7. The third-order valence-electron chi connectivity index (χ3n) is 14.4. The van der Waals surface area contributed by atoms with Crippen LogP contribution in [-0.2, 0) is 65.4 Å². The summed E-state index contributed by atoms with van der Waals surface area (Å²) in [6, 6.07) is 0. The first-order valence-corrected chi connectivity index (χ1v) is 28.3. The van der Waals surface area contributed by atoms with E-state index in [1.807, 2.05) is 31.0 Å². The number of imidazole rings is 7. The Kier molecular flexibility index (Phi) is 33.0. The van der Waals surface area contributed by atoms with E-state index in [4.69, 9.17) is 0 Å². The van der Waals surface area contributed by atoms with Crippen LogP contribution in [0.25, 0.3) is 0 Å². The molecule has 0 amide bonds. The van der Waals surface area contributed by atoms with Gasteiger partial charge in [-0.15, -0.1) is 0 Å². The molecule has 1 N–H and O–H groups in total. The molecule has 0 bridgehead atoms. The Morgan fingerprint density at radius 3 is 1.05 bits per heavy atom. The van der Waals surface area contributed by atoms with Crippen LogP contribution in [-0.4, -0.2) is 80.7 Å². The van der Waals surface area contributed by atoms with Crippen molar-refractivity contribution >= 4 is 21.8 Å². The molecule has 0 saturated carbocycles. The summed E-state index contributed by atoms with van der Waals surface area (Å²) in [7, 11) is 0. The van der Waals surface area contributed by atoms with Crippen LogP contribution < -0.4 is 86.9 Å². The zero-order valence-electron chi connectivity index (χ0n) is 49.2. The highest BCUT2D eigenvalue weighted by Gasteiger charge is 2.44. The van der Waals surface area contributed by atoms with E-state index in [-0.39, 0.29) is 78.8 Å². The summed E-state index contributed by atoms with van der Waals surface area (Å²) in [5, 5.41) is 4.76. The van der Waals surface area contributed by atoms with E-state index in [9.17, 15) is 0 Å². The van der Waals surface area contributed by atoms with E-state index in [0.29, 0.717) is 0 Å². The largest absolute Gasteiger partial charge is 1.00 e. The summed E-state index contributed by atoms with van der Waals surface area (Å²) < 4.78 is 25.9. The van der Waals surface area contributed by atoms with E-state index in [1.54, 1.807) is 0 Å². The van der Waals surface area contributed by atoms with Crippen molar-refractivity contribution in [1.82, 2.24) is 57.2 Å². The lowest BCUT2D eigenvalue weighted by molar-refractivity contribution is -0.795.